The lowest BCUT2D eigenvalue weighted by molar-refractivity contribution is 0.265. The quantitative estimate of drug-likeness (QED) is 0.689. The second-order valence-electron chi connectivity index (χ2n) is 2.29. The van der Waals surface area contributed by atoms with Gasteiger partial charge in [0.1, 0.15) is 0 Å². The smallest absolute Gasteiger partial charge is 0.0794 e. The van der Waals surface area contributed by atoms with Crippen LogP contribution in [-0.4, -0.2) is 22.7 Å². The monoisotopic (exact) mass is 171 g/mol. The number of hydrogen-bond donors (Lipinski definition) is 2. The molecule has 3 N–H and O–H groups in total. The molecule has 1 aromatic rings. The molecule has 11 heavy (non-hydrogen) atoms. The van der Waals surface area contributed by atoms with Crippen molar-refractivity contribution in [3.63, 3.8) is 0 Å². The fourth-order valence-electron chi connectivity index (χ4n) is 0.668. The van der Waals surface area contributed by atoms with Crippen molar-refractivity contribution in [1.29, 1.82) is 0 Å². The van der Waals surface area contributed by atoms with Gasteiger partial charge in [0.05, 0.1) is 12.1 Å². The van der Waals surface area contributed by atoms with Crippen molar-refractivity contribution < 1.29 is 5.11 Å². The second-order valence-corrected chi connectivity index (χ2v) is 3.20. The van der Waals surface area contributed by atoms with Crippen LogP contribution in [0.3, 0.4) is 0 Å². The van der Waals surface area contributed by atoms with Gasteiger partial charge in [-0.2, -0.15) is 0 Å². The van der Waals surface area contributed by atoms with Gasteiger partial charge in [-0.15, -0.1) is 11.3 Å². The van der Waals surface area contributed by atoms with Crippen molar-refractivity contribution >= 4 is 11.3 Å². The van der Waals surface area contributed by atoms with Gasteiger partial charge < -0.3 is 10.8 Å². The van der Waals surface area contributed by atoms with E-state index < -0.39 is 0 Å². The molecule has 0 aliphatic heterocycles. The van der Waals surface area contributed by atoms with Crippen LogP contribution in [0.2, 0.25) is 0 Å². The first-order valence-electron chi connectivity index (χ1n) is 3.41. The molecule has 4 heteroatoms. The van der Waals surface area contributed by atoms with Crippen LogP contribution >= 0.6 is 11.3 Å². The number of rotatable bonds is 4. The number of nitrogens with zero attached hydrogens (tertiary/aromatic N) is 1. The number of thiazole rings is 1. The Morgan fingerprint density at radius 3 is 3.18 bits per heavy atom. The first-order valence-corrected chi connectivity index (χ1v) is 4.29. The molecule has 0 fully saturated rings. The van der Waals surface area contributed by atoms with Gasteiger partial charge in [0.2, 0.25) is 0 Å². The highest BCUT2D eigenvalue weighted by Gasteiger charge is 2.01. The van der Waals surface area contributed by atoms with E-state index in [4.69, 9.17) is 10.8 Å². The van der Waals surface area contributed by atoms with Gasteiger partial charge in [0.25, 0.3) is 0 Å². The van der Waals surface area contributed by atoms with Crippen LogP contribution in [0.25, 0.3) is 0 Å². The van der Waals surface area contributed by atoms with Crippen LogP contribution in [0.4, 0.5) is 0 Å². The van der Waals surface area contributed by atoms with Crippen LogP contribution in [-0.2, 0) is 0 Å². The maximum absolute atomic E-state index is 8.61. The largest absolute Gasteiger partial charge is 0.395 e. The number of aliphatic hydroxyl groups is 1. The summed E-state index contributed by atoms with van der Waals surface area (Å²) in [6.07, 6.45) is 4.48. The first-order chi connectivity index (χ1) is 5.33. The van der Waals surface area contributed by atoms with Gasteiger partial charge >= 0.3 is 0 Å². The fourth-order valence-corrected chi connectivity index (χ4v) is 1.23. The summed E-state index contributed by atoms with van der Waals surface area (Å²) in [5.41, 5.74) is 7.27. The molecule has 0 amide bonds. The Morgan fingerprint density at radius 2 is 2.64 bits per heavy atom. The lowest BCUT2D eigenvalue weighted by Gasteiger charge is -2.04. The van der Waals surface area contributed by atoms with Crippen molar-refractivity contribution in [1.82, 2.24) is 4.98 Å². The van der Waals surface area contributed by atoms with E-state index in [2.05, 4.69) is 4.98 Å². The minimum Gasteiger partial charge on any atom is -0.395 e. The van der Waals surface area contributed by atoms with Gasteiger partial charge in [-0.05, 0) is 6.42 Å². The van der Waals surface area contributed by atoms with Crippen molar-refractivity contribution in [2.45, 2.75) is 12.5 Å². The van der Waals surface area contributed by atoms with Crippen molar-refractivity contribution in [2.75, 3.05) is 6.61 Å². The third kappa shape index (κ3) is 2.96. The molecule has 3 nitrogen and oxygen atoms in total. The highest BCUT2D eigenvalue weighted by atomic mass is 32.1. The Kier molecular flexibility index (Phi) is 3.48. The lowest BCUT2D eigenvalue weighted by atomic mass is 10.2. The van der Waals surface area contributed by atoms with E-state index in [1.54, 1.807) is 23.0 Å². The molecule has 1 radical (unpaired) electrons. The average molecular weight is 171 g/mol. The number of nitrogens with two attached hydrogens (primary N) is 1. The van der Waals surface area contributed by atoms with Crippen LogP contribution in [0.5, 0.6) is 0 Å². The zero-order chi connectivity index (χ0) is 8.10. The van der Waals surface area contributed by atoms with Crippen LogP contribution in [0, 0.1) is 6.42 Å². The summed E-state index contributed by atoms with van der Waals surface area (Å²) in [6.45, 7) is 0.0370. The Bertz CT molecular complexity index is 188. The SMILES string of the molecule is NC(CO)C[CH]c1cncs1. The Morgan fingerprint density at radius 1 is 1.82 bits per heavy atom. The van der Waals surface area contributed by atoms with Crippen LogP contribution < -0.4 is 5.73 Å². The zero-order valence-corrected chi connectivity index (χ0v) is 6.92. The van der Waals surface area contributed by atoms with E-state index in [-0.39, 0.29) is 12.6 Å². The summed E-state index contributed by atoms with van der Waals surface area (Å²) < 4.78 is 0. The van der Waals surface area contributed by atoms with Crippen molar-refractivity contribution in [2.24, 2.45) is 5.73 Å². The normalized spacial score (nSPS) is 13.3. The summed E-state index contributed by atoms with van der Waals surface area (Å²) in [7, 11) is 0. The van der Waals surface area contributed by atoms with E-state index >= 15 is 0 Å². The summed E-state index contributed by atoms with van der Waals surface area (Å²) in [5, 5.41) is 8.61. The predicted molar refractivity (Wildman–Crippen MR) is 45.2 cm³/mol. The summed E-state index contributed by atoms with van der Waals surface area (Å²) >= 11 is 1.57. The van der Waals surface area contributed by atoms with Gasteiger partial charge in [-0.1, -0.05) is 0 Å². The summed E-state index contributed by atoms with van der Waals surface area (Å²) in [5.74, 6) is 0. The van der Waals surface area contributed by atoms with Crippen LogP contribution in [0.1, 0.15) is 11.3 Å². The third-order valence-electron chi connectivity index (χ3n) is 1.31. The molecule has 1 heterocycles. The number of hydrogen-bond acceptors (Lipinski definition) is 4. The molecule has 0 aliphatic rings. The van der Waals surface area contributed by atoms with Crippen molar-refractivity contribution in [3.8, 4) is 0 Å². The summed E-state index contributed by atoms with van der Waals surface area (Å²) in [4.78, 5) is 5.02. The molecule has 0 spiro atoms. The van der Waals surface area contributed by atoms with Gasteiger partial charge in [0, 0.05) is 23.5 Å². The minimum absolute atomic E-state index is 0.0370. The molecule has 0 saturated heterocycles. The molecule has 0 aromatic carbocycles. The zero-order valence-electron chi connectivity index (χ0n) is 6.10. The molecular weight excluding hydrogens is 160 g/mol. The van der Waals surface area contributed by atoms with Gasteiger partial charge in [0.15, 0.2) is 0 Å². The summed E-state index contributed by atoms with van der Waals surface area (Å²) in [6, 6.07) is -0.142. The van der Waals surface area contributed by atoms with E-state index in [1.165, 1.54) is 0 Å². The van der Waals surface area contributed by atoms with Crippen molar-refractivity contribution in [3.05, 3.63) is 23.0 Å². The van der Waals surface area contributed by atoms with Gasteiger partial charge in [-0.3, -0.25) is 4.98 Å². The molecule has 0 bridgehead atoms. The number of aliphatic hydroxyl groups excluding tert-OH is 1. The van der Waals surface area contributed by atoms with E-state index in [0.717, 1.165) is 4.88 Å². The number of aromatic nitrogens is 1. The minimum atomic E-state index is -0.142. The fraction of sp³-hybridized carbons (Fsp3) is 0.429. The molecule has 1 aromatic heterocycles. The maximum Gasteiger partial charge on any atom is 0.0794 e. The van der Waals surface area contributed by atoms with E-state index in [1.807, 2.05) is 6.42 Å². The molecule has 0 saturated carbocycles. The Balaban J connectivity index is 2.23. The third-order valence-corrected chi connectivity index (χ3v) is 2.08. The first kappa shape index (κ1) is 8.64. The molecule has 1 atom stereocenters. The molecule has 1 unspecified atom stereocenters. The Labute approximate surface area is 69.9 Å². The highest BCUT2D eigenvalue weighted by Crippen LogP contribution is 2.10. The standard InChI is InChI=1S/C7H11N2OS/c8-6(4-10)1-2-7-3-9-5-11-7/h2-3,5-6,10H,1,4,8H2. The Hall–Kier alpha value is -0.450. The van der Waals surface area contributed by atoms with E-state index in [9.17, 15) is 0 Å². The maximum atomic E-state index is 8.61. The lowest BCUT2D eigenvalue weighted by Crippen LogP contribution is -2.24. The molecule has 1 rings (SSSR count). The molecular formula is C7H11N2OS. The predicted octanol–water partition coefficient (Wildman–Crippen LogP) is 0.405. The highest BCUT2D eigenvalue weighted by molar-refractivity contribution is 7.09. The molecule has 0 aliphatic carbocycles. The van der Waals surface area contributed by atoms with E-state index in [0.29, 0.717) is 6.42 Å². The van der Waals surface area contributed by atoms with Crippen LogP contribution in [0.15, 0.2) is 11.7 Å². The average Bonchev–Trinajstić information content (AvgIpc) is 2.52. The topological polar surface area (TPSA) is 59.1 Å². The molecule has 61 valence electrons. The van der Waals surface area contributed by atoms with Gasteiger partial charge in [-0.25, -0.2) is 0 Å². The second kappa shape index (κ2) is 4.43.